The average molecular weight is 325 g/mol. The minimum absolute atomic E-state index is 0.0736. The van der Waals surface area contributed by atoms with Gasteiger partial charge in [0.2, 0.25) is 5.91 Å². The minimum atomic E-state index is -0.883. The van der Waals surface area contributed by atoms with E-state index < -0.39 is 35.2 Å². The van der Waals surface area contributed by atoms with Crippen molar-refractivity contribution in [2.75, 3.05) is 0 Å². The minimum Gasteiger partial charge on any atom is -0.479 e. The van der Waals surface area contributed by atoms with Gasteiger partial charge >= 0.3 is 0 Å². The highest BCUT2D eigenvalue weighted by atomic mass is 19.1. The lowest BCUT2D eigenvalue weighted by atomic mass is 10.3. The molecule has 1 atom stereocenters. The molecule has 3 N–H and O–H groups in total. The zero-order chi connectivity index (χ0) is 17.0. The monoisotopic (exact) mass is 325 g/mol. The Morgan fingerprint density at radius 2 is 2.04 bits per heavy atom. The second-order valence-electron chi connectivity index (χ2n) is 4.62. The smallest absolute Gasteiger partial charge is 0.274 e. The van der Waals surface area contributed by atoms with Crippen LogP contribution in [0.1, 0.15) is 23.2 Å². The molecule has 0 aliphatic carbocycles. The average Bonchev–Trinajstić information content (AvgIpc) is 2.95. The number of para-hydroxylation sites is 1. The highest BCUT2D eigenvalue weighted by Crippen LogP contribution is 2.22. The van der Waals surface area contributed by atoms with E-state index in [0.717, 1.165) is 12.1 Å². The highest BCUT2D eigenvalue weighted by molar-refractivity contribution is 5.95. The van der Waals surface area contributed by atoms with Gasteiger partial charge in [-0.3, -0.25) is 9.59 Å². The van der Waals surface area contributed by atoms with Crippen LogP contribution in [0.3, 0.4) is 0 Å². The normalized spacial score (nSPS) is 11.8. The number of amides is 2. The van der Waals surface area contributed by atoms with Gasteiger partial charge in [0, 0.05) is 6.07 Å². The summed E-state index contributed by atoms with van der Waals surface area (Å²) in [6.45, 7) is 1.08. The first-order valence-corrected chi connectivity index (χ1v) is 6.51. The molecule has 9 heteroatoms. The summed E-state index contributed by atoms with van der Waals surface area (Å²) in [4.78, 5) is 22.6. The highest BCUT2D eigenvalue weighted by Gasteiger charge is 2.18. The van der Waals surface area contributed by atoms with Crippen LogP contribution in [0.2, 0.25) is 0 Å². The molecule has 0 aliphatic heterocycles. The zero-order valence-corrected chi connectivity index (χ0v) is 12.0. The Balaban J connectivity index is 2.00. The summed E-state index contributed by atoms with van der Waals surface area (Å²) in [5.41, 5.74) is 4.90. The summed E-state index contributed by atoms with van der Waals surface area (Å²) >= 11 is 0. The maximum atomic E-state index is 13.4. The number of hydrogen-bond donors (Lipinski definition) is 2. The molecule has 2 rings (SSSR count). The Bertz CT molecular complexity index is 712. The molecule has 0 saturated carbocycles. The number of hydrogen-bond acceptors (Lipinski definition) is 5. The third kappa shape index (κ3) is 4.02. The number of nitrogens with zero attached hydrogens (tertiary/aromatic N) is 1. The van der Waals surface area contributed by atoms with Crippen molar-refractivity contribution in [2.45, 2.75) is 19.6 Å². The van der Waals surface area contributed by atoms with Crippen molar-refractivity contribution >= 4 is 11.8 Å². The summed E-state index contributed by atoms with van der Waals surface area (Å²) < 4.78 is 36.6. The fourth-order valence-electron chi connectivity index (χ4n) is 1.59. The third-order valence-corrected chi connectivity index (χ3v) is 2.84. The van der Waals surface area contributed by atoms with Gasteiger partial charge in [-0.15, -0.1) is 0 Å². The molecule has 122 valence electrons. The van der Waals surface area contributed by atoms with Crippen LogP contribution < -0.4 is 15.8 Å². The number of ether oxygens (including phenoxy) is 1. The van der Waals surface area contributed by atoms with E-state index in [-0.39, 0.29) is 18.1 Å². The molecule has 1 aromatic carbocycles. The van der Waals surface area contributed by atoms with Crippen molar-refractivity contribution in [2.24, 2.45) is 5.73 Å². The number of nitrogens with one attached hydrogen (secondary N) is 1. The topological polar surface area (TPSA) is 107 Å². The fraction of sp³-hybridized carbons (Fsp3) is 0.214. The Kier molecular flexibility index (Phi) is 4.89. The molecule has 23 heavy (non-hydrogen) atoms. The SMILES string of the molecule is C[C@H](NC(=O)c1cc(COc2c(F)cccc2F)on1)C(N)=O. The predicted molar refractivity (Wildman–Crippen MR) is 73.3 cm³/mol. The van der Waals surface area contributed by atoms with Crippen LogP contribution in [0.15, 0.2) is 28.8 Å². The van der Waals surface area contributed by atoms with Crippen molar-refractivity contribution < 1.29 is 27.6 Å². The van der Waals surface area contributed by atoms with Gasteiger partial charge in [-0.25, -0.2) is 8.78 Å². The quantitative estimate of drug-likeness (QED) is 0.828. The van der Waals surface area contributed by atoms with Crippen molar-refractivity contribution in [3.8, 4) is 5.75 Å². The number of nitrogens with two attached hydrogens (primary N) is 1. The Labute approximate surface area is 129 Å². The standard InChI is InChI=1S/C14H13F2N3O4/c1-7(13(17)20)18-14(21)11-5-8(23-19-11)6-22-12-9(15)3-2-4-10(12)16/h2-5,7H,6H2,1H3,(H2,17,20)(H,18,21)/t7-/m0/s1. The maximum absolute atomic E-state index is 13.4. The zero-order valence-electron chi connectivity index (χ0n) is 12.0. The Hall–Kier alpha value is -2.97. The molecule has 0 saturated heterocycles. The number of rotatable bonds is 6. The molecule has 1 aromatic heterocycles. The number of primary amides is 1. The van der Waals surface area contributed by atoms with E-state index in [1.54, 1.807) is 0 Å². The predicted octanol–water partition coefficient (Wildman–Crippen LogP) is 1.14. The molecule has 0 radical (unpaired) electrons. The van der Waals surface area contributed by atoms with Gasteiger partial charge in [0.05, 0.1) is 0 Å². The van der Waals surface area contributed by atoms with Gasteiger partial charge in [0.1, 0.15) is 12.6 Å². The Morgan fingerprint density at radius 1 is 1.39 bits per heavy atom. The van der Waals surface area contributed by atoms with Crippen molar-refractivity contribution in [1.29, 1.82) is 0 Å². The van der Waals surface area contributed by atoms with Crippen LogP contribution >= 0.6 is 0 Å². The van der Waals surface area contributed by atoms with Gasteiger partial charge in [-0.05, 0) is 19.1 Å². The van der Waals surface area contributed by atoms with Gasteiger partial charge in [0.15, 0.2) is 28.8 Å². The van der Waals surface area contributed by atoms with Gasteiger partial charge in [-0.1, -0.05) is 11.2 Å². The maximum Gasteiger partial charge on any atom is 0.274 e. The third-order valence-electron chi connectivity index (χ3n) is 2.84. The number of carbonyl (C=O) groups excluding carboxylic acids is 2. The second kappa shape index (κ2) is 6.86. The molecule has 1 heterocycles. The van der Waals surface area contributed by atoms with Crippen LogP contribution in [0, 0.1) is 11.6 Å². The molecule has 2 amide bonds. The van der Waals surface area contributed by atoms with Crippen molar-refractivity contribution in [3.63, 3.8) is 0 Å². The van der Waals surface area contributed by atoms with E-state index in [1.165, 1.54) is 19.1 Å². The molecule has 0 fully saturated rings. The van der Waals surface area contributed by atoms with E-state index in [2.05, 4.69) is 10.5 Å². The summed E-state index contributed by atoms with van der Waals surface area (Å²) in [6.07, 6.45) is 0. The number of halogens is 2. The van der Waals surface area contributed by atoms with E-state index in [4.69, 9.17) is 15.0 Å². The van der Waals surface area contributed by atoms with Crippen LogP contribution in [0.4, 0.5) is 8.78 Å². The molecule has 0 unspecified atom stereocenters. The molecule has 0 bridgehead atoms. The van der Waals surface area contributed by atoms with E-state index in [9.17, 15) is 18.4 Å². The lowest BCUT2D eigenvalue weighted by molar-refractivity contribution is -0.119. The molecule has 0 spiro atoms. The molecule has 7 nitrogen and oxygen atoms in total. The van der Waals surface area contributed by atoms with Crippen LogP contribution in [-0.2, 0) is 11.4 Å². The molecule has 0 aliphatic rings. The van der Waals surface area contributed by atoms with E-state index in [0.29, 0.717) is 0 Å². The van der Waals surface area contributed by atoms with Crippen molar-refractivity contribution in [1.82, 2.24) is 10.5 Å². The summed E-state index contributed by atoms with van der Waals surface area (Å²) in [7, 11) is 0. The van der Waals surface area contributed by atoms with Gasteiger partial charge in [0.25, 0.3) is 5.91 Å². The molecular formula is C14H13F2N3O4. The van der Waals surface area contributed by atoms with Gasteiger partial charge in [-0.2, -0.15) is 0 Å². The lowest BCUT2D eigenvalue weighted by Gasteiger charge is -2.07. The van der Waals surface area contributed by atoms with Gasteiger partial charge < -0.3 is 20.3 Å². The lowest BCUT2D eigenvalue weighted by Crippen LogP contribution is -2.42. The van der Waals surface area contributed by atoms with E-state index >= 15 is 0 Å². The number of benzene rings is 1. The largest absolute Gasteiger partial charge is 0.479 e. The first-order valence-electron chi connectivity index (χ1n) is 6.51. The van der Waals surface area contributed by atoms with Crippen molar-refractivity contribution in [3.05, 3.63) is 47.4 Å². The summed E-state index contributed by atoms with van der Waals surface area (Å²) in [6, 6.07) is 3.63. The molecular weight excluding hydrogens is 312 g/mol. The number of carbonyl (C=O) groups is 2. The van der Waals surface area contributed by atoms with Crippen LogP contribution in [-0.4, -0.2) is 23.0 Å². The number of aromatic nitrogens is 1. The van der Waals surface area contributed by atoms with Crippen LogP contribution in [0.5, 0.6) is 5.75 Å². The fourth-order valence-corrected chi connectivity index (χ4v) is 1.59. The van der Waals surface area contributed by atoms with E-state index in [1.807, 2.05) is 0 Å². The molecule has 2 aromatic rings. The second-order valence-corrected chi connectivity index (χ2v) is 4.62. The first-order chi connectivity index (χ1) is 10.9. The Morgan fingerprint density at radius 3 is 2.65 bits per heavy atom. The summed E-state index contributed by atoms with van der Waals surface area (Å²) in [5, 5.41) is 5.78. The van der Waals surface area contributed by atoms with Crippen LogP contribution in [0.25, 0.3) is 0 Å². The first kappa shape index (κ1) is 16.4. The summed E-state index contributed by atoms with van der Waals surface area (Å²) in [5.74, 6) is -3.60.